The largest absolute Gasteiger partial charge is 0.456 e. The van der Waals surface area contributed by atoms with Crippen LogP contribution < -0.4 is 0 Å². The Labute approximate surface area is 293 Å². The van der Waals surface area contributed by atoms with Gasteiger partial charge in [-0.1, -0.05) is 121 Å². The Balaban J connectivity index is 1.17. The molecular weight excluding hydrogens is 621 g/mol. The van der Waals surface area contributed by atoms with E-state index in [9.17, 15) is 0 Å². The van der Waals surface area contributed by atoms with Crippen LogP contribution in [0.1, 0.15) is 0 Å². The van der Waals surface area contributed by atoms with E-state index in [0.29, 0.717) is 0 Å². The summed E-state index contributed by atoms with van der Waals surface area (Å²) in [7, 11) is 0. The average molecular weight is 651 g/mol. The molecule has 238 valence electrons. The maximum Gasteiger partial charge on any atom is 0.137 e. The van der Waals surface area contributed by atoms with Crippen molar-refractivity contribution in [2.75, 3.05) is 0 Å². The number of furan rings is 1. The Morgan fingerprint density at radius 1 is 0.314 bits per heavy atom. The van der Waals surface area contributed by atoms with Gasteiger partial charge in [-0.2, -0.15) is 0 Å². The number of hydrogen-bond acceptors (Lipinski definition) is 1. The summed E-state index contributed by atoms with van der Waals surface area (Å²) in [6.07, 6.45) is 0. The number of benzene rings is 8. The summed E-state index contributed by atoms with van der Waals surface area (Å²) < 4.78 is 11.2. The van der Waals surface area contributed by atoms with Crippen molar-refractivity contribution in [2.45, 2.75) is 0 Å². The third kappa shape index (κ3) is 4.19. The van der Waals surface area contributed by atoms with Crippen molar-refractivity contribution in [1.29, 1.82) is 0 Å². The molecule has 51 heavy (non-hydrogen) atoms. The SMILES string of the molecule is c1ccc(-c2cccc(-c3cccc(-n4c5ccccc5c5cc6c(cc54)c4ccccc4n6-c4cccc5oc6ccccc6c45)c3)c2)cc1. The highest BCUT2D eigenvalue weighted by molar-refractivity contribution is 6.20. The van der Waals surface area contributed by atoms with E-state index in [2.05, 4.69) is 185 Å². The molecule has 0 aliphatic carbocycles. The van der Waals surface area contributed by atoms with E-state index in [1.807, 2.05) is 6.07 Å². The predicted molar refractivity (Wildman–Crippen MR) is 213 cm³/mol. The minimum Gasteiger partial charge on any atom is -0.456 e. The van der Waals surface area contributed by atoms with Gasteiger partial charge in [0.2, 0.25) is 0 Å². The summed E-state index contributed by atoms with van der Waals surface area (Å²) in [6, 6.07) is 65.5. The predicted octanol–water partition coefficient (Wildman–Crippen LogP) is 13.1. The van der Waals surface area contributed by atoms with Crippen molar-refractivity contribution in [1.82, 2.24) is 9.13 Å². The van der Waals surface area contributed by atoms with Gasteiger partial charge in [-0.15, -0.1) is 0 Å². The molecule has 0 aliphatic heterocycles. The molecule has 3 aromatic heterocycles. The summed E-state index contributed by atoms with van der Waals surface area (Å²) in [5, 5.41) is 7.16. The number of rotatable bonds is 4. The van der Waals surface area contributed by atoms with Gasteiger partial charge in [-0.05, 0) is 82.9 Å². The molecule has 3 nitrogen and oxygen atoms in total. The summed E-state index contributed by atoms with van der Waals surface area (Å²) >= 11 is 0. The highest BCUT2D eigenvalue weighted by Gasteiger charge is 2.21. The third-order valence-corrected chi connectivity index (χ3v) is 10.5. The molecule has 0 amide bonds. The zero-order valence-electron chi connectivity index (χ0n) is 27.6. The smallest absolute Gasteiger partial charge is 0.137 e. The second kappa shape index (κ2) is 10.8. The van der Waals surface area contributed by atoms with Crippen LogP contribution in [0.5, 0.6) is 0 Å². The molecule has 0 radical (unpaired) electrons. The first-order valence-electron chi connectivity index (χ1n) is 17.4. The van der Waals surface area contributed by atoms with Crippen LogP contribution in [0.2, 0.25) is 0 Å². The molecule has 8 aromatic carbocycles. The lowest BCUT2D eigenvalue weighted by Gasteiger charge is -2.12. The van der Waals surface area contributed by atoms with Gasteiger partial charge in [-0.25, -0.2) is 0 Å². The van der Waals surface area contributed by atoms with E-state index >= 15 is 0 Å². The van der Waals surface area contributed by atoms with Crippen molar-refractivity contribution < 1.29 is 4.42 Å². The van der Waals surface area contributed by atoms with Crippen molar-refractivity contribution in [3.63, 3.8) is 0 Å². The fraction of sp³-hybridized carbons (Fsp3) is 0. The first kappa shape index (κ1) is 28.0. The Hall–Kier alpha value is -6.84. The molecule has 0 bridgehead atoms. The van der Waals surface area contributed by atoms with Crippen molar-refractivity contribution in [3.8, 4) is 33.6 Å². The highest BCUT2D eigenvalue weighted by Crippen LogP contribution is 2.42. The maximum atomic E-state index is 6.35. The first-order chi connectivity index (χ1) is 25.3. The van der Waals surface area contributed by atoms with Crippen LogP contribution in [-0.2, 0) is 0 Å². The fourth-order valence-electron chi connectivity index (χ4n) is 8.24. The first-order valence-corrected chi connectivity index (χ1v) is 17.4. The van der Waals surface area contributed by atoms with Gasteiger partial charge in [0.1, 0.15) is 11.2 Å². The van der Waals surface area contributed by atoms with E-state index < -0.39 is 0 Å². The minimum absolute atomic E-state index is 0.895. The zero-order valence-corrected chi connectivity index (χ0v) is 27.6. The number of nitrogens with zero attached hydrogens (tertiary/aromatic N) is 2. The van der Waals surface area contributed by atoms with Crippen molar-refractivity contribution >= 4 is 65.6 Å². The quantitative estimate of drug-likeness (QED) is 0.186. The van der Waals surface area contributed by atoms with Gasteiger partial charge in [0, 0.05) is 32.6 Å². The molecule has 0 N–H and O–H groups in total. The van der Waals surface area contributed by atoms with E-state index in [-0.39, 0.29) is 0 Å². The summed E-state index contributed by atoms with van der Waals surface area (Å²) in [5.74, 6) is 0. The molecule has 0 saturated carbocycles. The Morgan fingerprint density at radius 2 is 0.843 bits per heavy atom. The van der Waals surface area contributed by atoms with E-state index in [1.165, 1.54) is 65.9 Å². The molecular formula is C48H30N2O. The number of fused-ring (bicyclic) bond motifs is 9. The third-order valence-electron chi connectivity index (χ3n) is 10.5. The van der Waals surface area contributed by atoms with E-state index in [4.69, 9.17) is 4.42 Å². The molecule has 0 fully saturated rings. The van der Waals surface area contributed by atoms with Crippen LogP contribution in [0.4, 0.5) is 0 Å². The monoisotopic (exact) mass is 650 g/mol. The highest BCUT2D eigenvalue weighted by atomic mass is 16.3. The molecule has 0 unspecified atom stereocenters. The summed E-state index contributed by atoms with van der Waals surface area (Å²) in [4.78, 5) is 0. The minimum atomic E-state index is 0.895. The zero-order chi connectivity index (χ0) is 33.5. The maximum absolute atomic E-state index is 6.35. The van der Waals surface area contributed by atoms with E-state index in [1.54, 1.807) is 0 Å². The Morgan fingerprint density at radius 3 is 1.61 bits per heavy atom. The molecule has 3 heterocycles. The molecule has 11 rings (SSSR count). The van der Waals surface area contributed by atoms with E-state index in [0.717, 1.165) is 33.3 Å². The summed E-state index contributed by atoms with van der Waals surface area (Å²) in [6.45, 7) is 0. The number of para-hydroxylation sites is 3. The van der Waals surface area contributed by atoms with Crippen LogP contribution in [0.15, 0.2) is 186 Å². The average Bonchev–Trinajstić information content (AvgIpc) is 3.85. The topological polar surface area (TPSA) is 23.0 Å². The molecule has 3 heteroatoms. The van der Waals surface area contributed by atoms with Crippen molar-refractivity contribution in [3.05, 3.63) is 182 Å². The van der Waals surface area contributed by atoms with Gasteiger partial charge in [-0.3, -0.25) is 0 Å². The molecule has 0 atom stereocenters. The van der Waals surface area contributed by atoms with Crippen molar-refractivity contribution in [2.24, 2.45) is 0 Å². The van der Waals surface area contributed by atoms with Crippen LogP contribution in [0.25, 0.3) is 99.2 Å². The van der Waals surface area contributed by atoms with Crippen LogP contribution in [0, 0.1) is 0 Å². The molecule has 0 saturated heterocycles. The van der Waals surface area contributed by atoms with Crippen LogP contribution in [-0.4, -0.2) is 9.13 Å². The normalized spacial score (nSPS) is 11.9. The van der Waals surface area contributed by atoms with Crippen LogP contribution >= 0.6 is 0 Å². The van der Waals surface area contributed by atoms with Gasteiger partial charge in [0.15, 0.2) is 0 Å². The number of aromatic nitrogens is 2. The standard InChI is InChI=1S/C48H30N2O/c1-2-13-31(14-3-1)32-15-10-16-33(27-32)34-17-11-18-35(28-34)49-41-22-7-4-19-36(41)39-30-45-40(29-44(39)49)37-20-5-8-23-42(37)50(45)43-24-12-26-47-48(43)38-21-6-9-25-46(38)51-47/h1-30H. The van der Waals surface area contributed by atoms with Gasteiger partial charge >= 0.3 is 0 Å². The van der Waals surface area contributed by atoms with Crippen LogP contribution in [0.3, 0.4) is 0 Å². The second-order valence-corrected chi connectivity index (χ2v) is 13.3. The lowest BCUT2D eigenvalue weighted by Crippen LogP contribution is -1.95. The second-order valence-electron chi connectivity index (χ2n) is 13.3. The van der Waals surface area contributed by atoms with Gasteiger partial charge < -0.3 is 13.6 Å². The molecule has 0 spiro atoms. The summed E-state index contributed by atoms with van der Waals surface area (Å²) in [5.41, 5.74) is 13.6. The fourth-order valence-corrected chi connectivity index (χ4v) is 8.24. The molecule has 0 aliphatic rings. The lowest BCUT2D eigenvalue weighted by molar-refractivity contribution is 0.669. The van der Waals surface area contributed by atoms with Gasteiger partial charge in [0.25, 0.3) is 0 Å². The molecule has 11 aromatic rings. The van der Waals surface area contributed by atoms with Gasteiger partial charge in [0.05, 0.1) is 33.1 Å². The lowest BCUT2D eigenvalue weighted by atomic mass is 9.99. The Kier molecular flexibility index (Phi) is 5.96. The number of hydrogen-bond donors (Lipinski definition) is 0. The Bertz CT molecular complexity index is 3140.